The average molecular weight is 312 g/mol. The SMILES string of the molecule is O=C(c1cc(Br)c2c(c1)OCO2)N1CCCCC1. The minimum absolute atomic E-state index is 0.0775. The van der Waals surface area contributed by atoms with Gasteiger partial charge in [-0.25, -0.2) is 0 Å². The van der Waals surface area contributed by atoms with Gasteiger partial charge >= 0.3 is 0 Å². The number of rotatable bonds is 1. The number of likely N-dealkylation sites (tertiary alicyclic amines) is 1. The second-order valence-corrected chi connectivity index (χ2v) is 5.40. The fraction of sp³-hybridized carbons (Fsp3) is 0.462. The highest BCUT2D eigenvalue weighted by atomic mass is 79.9. The van der Waals surface area contributed by atoms with Gasteiger partial charge in [0.15, 0.2) is 11.5 Å². The summed E-state index contributed by atoms with van der Waals surface area (Å²) in [6.45, 7) is 1.92. The normalized spacial score (nSPS) is 17.9. The molecule has 0 spiro atoms. The lowest BCUT2D eigenvalue weighted by Crippen LogP contribution is -2.35. The number of carbonyl (C=O) groups excluding carboxylic acids is 1. The molecule has 18 heavy (non-hydrogen) atoms. The van der Waals surface area contributed by atoms with Gasteiger partial charge in [0.25, 0.3) is 5.91 Å². The average Bonchev–Trinajstić information content (AvgIpc) is 2.88. The first kappa shape index (κ1) is 11.8. The van der Waals surface area contributed by atoms with Crippen LogP contribution >= 0.6 is 15.9 Å². The molecule has 3 rings (SSSR count). The molecule has 2 aliphatic heterocycles. The molecule has 1 aromatic carbocycles. The molecule has 4 nitrogen and oxygen atoms in total. The molecule has 1 amide bonds. The van der Waals surface area contributed by atoms with Crippen molar-refractivity contribution >= 4 is 21.8 Å². The van der Waals surface area contributed by atoms with Crippen LogP contribution in [-0.4, -0.2) is 30.7 Å². The number of carbonyl (C=O) groups is 1. The van der Waals surface area contributed by atoms with Gasteiger partial charge in [-0.05, 0) is 47.3 Å². The van der Waals surface area contributed by atoms with E-state index in [1.807, 2.05) is 11.0 Å². The first-order valence-electron chi connectivity index (χ1n) is 6.14. The van der Waals surface area contributed by atoms with E-state index in [1.165, 1.54) is 6.42 Å². The van der Waals surface area contributed by atoms with Crippen molar-refractivity contribution in [2.45, 2.75) is 19.3 Å². The summed E-state index contributed by atoms with van der Waals surface area (Å²) in [6.07, 6.45) is 3.41. The molecule has 1 saturated heterocycles. The fourth-order valence-corrected chi connectivity index (χ4v) is 2.93. The van der Waals surface area contributed by atoms with Crippen LogP contribution in [0.1, 0.15) is 29.6 Å². The van der Waals surface area contributed by atoms with Crippen LogP contribution in [0, 0.1) is 0 Å². The van der Waals surface area contributed by atoms with E-state index in [1.54, 1.807) is 6.07 Å². The Morgan fingerprint density at radius 3 is 2.72 bits per heavy atom. The number of fused-ring (bicyclic) bond motifs is 1. The van der Waals surface area contributed by atoms with Crippen LogP contribution in [0.2, 0.25) is 0 Å². The maximum atomic E-state index is 12.4. The number of hydrogen-bond acceptors (Lipinski definition) is 3. The quantitative estimate of drug-likeness (QED) is 0.800. The van der Waals surface area contributed by atoms with E-state index in [2.05, 4.69) is 15.9 Å². The highest BCUT2D eigenvalue weighted by Gasteiger charge is 2.23. The van der Waals surface area contributed by atoms with Crippen molar-refractivity contribution in [3.63, 3.8) is 0 Å². The van der Waals surface area contributed by atoms with Crippen molar-refractivity contribution in [2.75, 3.05) is 19.9 Å². The Balaban J connectivity index is 1.87. The number of amides is 1. The van der Waals surface area contributed by atoms with Gasteiger partial charge in [0, 0.05) is 18.7 Å². The summed E-state index contributed by atoms with van der Waals surface area (Å²) < 4.78 is 11.4. The Hall–Kier alpha value is -1.23. The lowest BCUT2D eigenvalue weighted by atomic mass is 10.1. The van der Waals surface area contributed by atoms with E-state index in [9.17, 15) is 4.79 Å². The van der Waals surface area contributed by atoms with Crippen molar-refractivity contribution in [1.29, 1.82) is 0 Å². The number of ether oxygens (including phenoxy) is 2. The number of hydrogen-bond donors (Lipinski definition) is 0. The third-order valence-corrected chi connectivity index (χ3v) is 3.91. The molecule has 0 aliphatic carbocycles. The second-order valence-electron chi connectivity index (χ2n) is 4.54. The van der Waals surface area contributed by atoms with E-state index >= 15 is 0 Å². The molecule has 5 heteroatoms. The molecule has 0 radical (unpaired) electrons. The third kappa shape index (κ3) is 2.07. The second kappa shape index (κ2) is 4.80. The molecule has 2 aliphatic rings. The summed E-state index contributed by atoms with van der Waals surface area (Å²) in [4.78, 5) is 14.3. The summed E-state index contributed by atoms with van der Waals surface area (Å²) in [5, 5.41) is 0. The summed E-state index contributed by atoms with van der Waals surface area (Å²) in [5.74, 6) is 1.41. The molecule has 0 bridgehead atoms. The van der Waals surface area contributed by atoms with Gasteiger partial charge in [-0.15, -0.1) is 0 Å². The Labute approximate surface area is 114 Å². The number of benzene rings is 1. The number of nitrogens with zero attached hydrogens (tertiary/aromatic N) is 1. The van der Waals surface area contributed by atoms with Crippen LogP contribution in [0.5, 0.6) is 11.5 Å². The molecule has 0 saturated carbocycles. The zero-order valence-electron chi connectivity index (χ0n) is 9.95. The molecular formula is C13H14BrNO3. The van der Waals surface area contributed by atoms with Crippen LogP contribution in [0.25, 0.3) is 0 Å². The van der Waals surface area contributed by atoms with Crippen molar-refractivity contribution < 1.29 is 14.3 Å². The molecule has 0 N–H and O–H groups in total. The Bertz CT molecular complexity index is 483. The van der Waals surface area contributed by atoms with Crippen LogP contribution in [0.3, 0.4) is 0 Å². The van der Waals surface area contributed by atoms with Gasteiger partial charge in [0.05, 0.1) is 4.47 Å². The van der Waals surface area contributed by atoms with E-state index in [-0.39, 0.29) is 12.7 Å². The van der Waals surface area contributed by atoms with Gasteiger partial charge in [0.2, 0.25) is 6.79 Å². The zero-order chi connectivity index (χ0) is 12.5. The van der Waals surface area contributed by atoms with Crippen LogP contribution in [0.15, 0.2) is 16.6 Å². The van der Waals surface area contributed by atoms with Crippen molar-refractivity contribution in [1.82, 2.24) is 4.90 Å². The minimum atomic E-state index is 0.0775. The van der Waals surface area contributed by atoms with Crippen molar-refractivity contribution in [3.8, 4) is 11.5 Å². The third-order valence-electron chi connectivity index (χ3n) is 3.32. The highest BCUT2D eigenvalue weighted by Crippen LogP contribution is 2.40. The van der Waals surface area contributed by atoms with Crippen LogP contribution < -0.4 is 9.47 Å². The molecule has 0 unspecified atom stereocenters. The monoisotopic (exact) mass is 311 g/mol. The first-order valence-corrected chi connectivity index (χ1v) is 6.93. The fourth-order valence-electron chi connectivity index (χ4n) is 2.37. The molecule has 96 valence electrons. The standard InChI is InChI=1S/C13H14BrNO3/c14-10-6-9(7-11-12(10)18-8-17-11)13(16)15-4-2-1-3-5-15/h6-7H,1-5,8H2. The largest absolute Gasteiger partial charge is 0.454 e. The lowest BCUT2D eigenvalue weighted by molar-refractivity contribution is 0.0724. The maximum Gasteiger partial charge on any atom is 0.254 e. The van der Waals surface area contributed by atoms with E-state index in [0.29, 0.717) is 17.1 Å². The van der Waals surface area contributed by atoms with Gasteiger partial charge in [-0.3, -0.25) is 4.79 Å². The summed E-state index contributed by atoms with van der Waals surface area (Å²) in [7, 11) is 0. The Kier molecular flexibility index (Phi) is 3.16. The molecule has 0 atom stereocenters. The smallest absolute Gasteiger partial charge is 0.254 e. The predicted molar refractivity (Wildman–Crippen MR) is 70.0 cm³/mol. The first-order chi connectivity index (χ1) is 8.75. The van der Waals surface area contributed by atoms with Gasteiger partial charge in [-0.1, -0.05) is 0 Å². The highest BCUT2D eigenvalue weighted by molar-refractivity contribution is 9.10. The number of piperidine rings is 1. The summed E-state index contributed by atoms with van der Waals surface area (Å²) >= 11 is 3.41. The molecule has 2 heterocycles. The predicted octanol–water partition coefficient (Wildman–Crippen LogP) is 2.80. The van der Waals surface area contributed by atoms with Crippen molar-refractivity contribution in [2.24, 2.45) is 0 Å². The Morgan fingerprint density at radius 2 is 1.94 bits per heavy atom. The number of halogens is 1. The lowest BCUT2D eigenvalue weighted by Gasteiger charge is -2.26. The molecule has 0 aromatic heterocycles. The summed E-state index contributed by atoms with van der Waals surface area (Å²) in [5.41, 5.74) is 0.660. The molecule has 1 fully saturated rings. The van der Waals surface area contributed by atoms with Crippen LogP contribution in [0.4, 0.5) is 0 Å². The van der Waals surface area contributed by atoms with E-state index in [0.717, 1.165) is 30.4 Å². The maximum absolute atomic E-state index is 12.4. The minimum Gasteiger partial charge on any atom is -0.454 e. The molecule has 1 aromatic rings. The Morgan fingerprint density at radius 1 is 1.17 bits per heavy atom. The van der Waals surface area contributed by atoms with Gasteiger partial charge < -0.3 is 14.4 Å². The topological polar surface area (TPSA) is 38.8 Å². The van der Waals surface area contributed by atoms with E-state index < -0.39 is 0 Å². The van der Waals surface area contributed by atoms with Crippen LogP contribution in [-0.2, 0) is 0 Å². The van der Waals surface area contributed by atoms with Crippen molar-refractivity contribution in [3.05, 3.63) is 22.2 Å². The zero-order valence-corrected chi connectivity index (χ0v) is 11.5. The van der Waals surface area contributed by atoms with Gasteiger partial charge in [-0.2, -0.15) is 0 Å². The summed E-state index contributed by atoms with van der Waals surface area (Å²) in [6, 6.07) is 3.58. The van der Waals surface area contributed by atoms with Gasteiger partial charge in [0.1, 0.15) is 0 Å². The molecular weight excluding hydrogens is 298 g/mol. The van der Waals surface area contributed by atoms with E-state index in [4.69, 9.17) is 9.47 Å².